The van der Waals surface area contributed by atoms with Crippen LogP contribution in [0.2, 0.25) is 0 Å². The van der Waals surface area contributed by atoms with Crippen LogP contribution in [0.4, 0.5) is 5.82 Å². The first kappa shape index (κ1) is 16.1. The van der Waals surface area contributed by atoms with Gasteiger partial charge in [-0.2, -0.15) is 0 Å². The molecule has 5 nitrogen and oxygen atoms in total. The Bertz CT molecular complexity index is 829. The average molecular weight is 354 g/mol. The largest absolute Gasteiger partial charge is 0.467 e. The topological polar surface area (TPSA) is 55.6 Å². The molecule has 4 rings (SSSR count). The van der Waals surface area contributed by atoms with Crippen molar-refractivity contribution in [2.45, 2.75) is 25.5 Å². The molecule has 1 atom stereocenters. The molecule has 1 aliphatic rings. The third-order valence-corrected chi connectivity index (χ3v) is 5.30. The van der Waals surface area contributed by atoms with Crippen molar-refractivity contribution in [2.75, 3.05) is 11.5 Å². The Labute approximate surface area is 149 Å². The van der Waals surface area contributed by atoms with Crippen molar-refractivity contribution < 1.29 is 13.9 Å². The number of hydrogen-bond donors (Lipinski definition) is 0. The normalized spacial score (nSPS) is 16.4. The molecule has 0 aromatic carbocycles. The van der Waals surface area contributed by atoms with Crippen molar-refractivity contribution in [1.29, 1.82) is 0 Å². The number of nitrogens with zero attached hydrogens (tertiary/aromatic N) is 2. The molecule has 0 aliphatic carbocycles. The van der Waals surface area contributed by atoms with E-state index < -0.39 is 0 Å². The van der Waals surface area contributed by atoms with Crippen LogP contribution in [-0.4, -0.2) is 17.5 Å². The van der Waals surface area contributed by atoms with Gasteiger partial charge in [-0.05, 0) is 47.7 Å². The van der Waals surface area contributed by atoms with Gasteiger partial charge in [0.15, 0.2) is 0 Å². The van der Waals surface area contributed by atoms with Gasteiger partial charge in [-0.15, -0.1) is 11.3 Å². The van der Waals surface area contributed by atoms with Crippen LogP contribution in [0.25, 0.3) is 0 Å². The van der Waals surface area contributed by atoms with Gasteiger partial charge in [-0.25, -0.2) is 4.98 Å². The quantitative estimate of drug-likeness (QED) is 0.696. The number of anilines is 1. The van der Waals surface area contributed by atoms with Crippen LogP contribution in [0, 0.1) is 0 Å². The lowest BCUT2D eigenvalue weighted by molar-refractivity contribution is -0.122. The molecule has 128 valence electrons. The fraction of sp³-hybridized carbons (Fsp3) is 0.263. The molecule has 0 N–H and O–H groups in total. The van der Waals surface area contributed by atoms with Gasteiger partial charge < -0.3 is 9.15 Å². The lowest BCUT2D eigenvalue weighted by atomic mass is 10.0. The van der Waals surface area contributed by atoms with E-state index >= 15 is 0 Å². The van der Waals surface area contributed by atoms with Gasteiger partial charge in [0.2, 0.25) is 5.91 Å². The summed E-state index contributed by atoms with van der Waals surface area (Å²) in [6, 6.07) is 11.3. The highest BCUT2D eigenvalue weighted by atomic mass is 32.1. The Morgan fingerprint density at radius 2 is 2.24 bits per heavy atom. The summed E-state index contributed by atoms with van der Waals surface area (Å²) < 4.78 is 11.3. The zero-order chi connectivity index (χ0) is 17.1. The van der Waals surface area contributed by atoms with Gasteiger partial charge >= 0.3 is 0 Å². The minimum atomic E-state index is -0.181. The van der Waals surface area contributed by atoms with Crippen LogP contribution in [0.3, 0.4) is 0 Å². The third-order valence-electron chi connectivity index (χ3n) is 4.24. The molecule has 0 saturated heterocycles. The number of ether oxygens (including phenoxy) is 1. The fourth-order valence-corrected chi connectivity index (χ4v) is 4.02. The first-order valence-corrected chi connectivity index (χ1v) is 9.11. The number of hydrogen-bond acceptors (Lipinski definition) is 5. The summed E-state index contributed by atoms with van der Waals surface area (Å²) in [5.41, 5.74) is 1.30. The van der Waals surface area contributed by atoms with Crippen LogP contribution < -0.4 is 4.90 Å². The Morgan fingerprint density at radius 1 is 1.28 bits per heavy atom. The second kappa shape index (κ2) is 7.21. The van der Waals surface area contributed by atoms with Crippen molar-refractivity contribution in [1.82, 2.24) is 4.98 Å². The zero-order valence-corrected chi connectivity index (χ0v) is 14.4. The minimum absolute atomic E-state index is 0.0265. The van der Waals surface area contributed by atoms with E-state index in [0.717, 1.165) is 12.2 Å². The minimum Gasteiger partial charge on any atom is -0.467 e. The molecule has 0 unspecified atom stereocenters. The van der Waals surface area contributed by atoms with Gasteiger partial charge in [0, 0.05) is 11.1 Å². The Hall–Kier alpha value is -2.44. The molecule has 6 heteroatoms. The number of pyridine rings is 1. The highest BCUT2D eigenvalue weighted by molar-refractivity contribution is 7.10. The molecule has 1 aliphatic heterocycles. The van der Waals surface area contributed by atoms with E-state index in [9.17, 15) is 4.79 Å². The van der Waals surface area contributed by atoms with Gasteiger partial charge in [-0.1, -0.05) is 6.07 Å². The molecule has 0 radical (unpaired) electrons. The molecule has 1 amide bonds. The van der Waals surface area contributed by atoms with E-state index in [1.54, 1.807) is 28.7 Å². The predicted molar refractivity (Wildman–Crippen MR) is 95.5 cm³/mol. The van der Waals surface area contributed by atoms with E-state index in [2.05, 4.69) is 16.4 Å². The number of rotatable bonds is 5. The zero-order valence-electron chi connectivity index (χ0n) is 13.6. The van der Waals surface area contributed by atoms with E-state index in [4.69, 9.17) is 9.15 Å². The summed E-state index contributed by atoms with van der Waals surface area (Å²) >= 11 is 1.66. The summed E-state index contributed by atoms with van der Waals surface area (Å²) in [5.74, 6) is 1.31. The molecule has 0 fully saturated rings. The lowest BCUT2D eigenvalue weighted by Gasteiger charge is -2.26. The number of carbonyl (C=O) groups excluding carboxylic acids is 1. The van der Waals surface area contributed by atoms with E-state index in [-0.39, 0.29) is 12.0 Å². The first-order chi connectivity index (χ1) is 12.3. The van der Waals surface area contributed by atoms with Crippen LogP contribution >= 0.6 is 11.3 Å². The molecular weight excluding hydrogens is 336 g/mol. The molecule has 0 spiro atoms. The first-order valence-electron chi connectivity index (χ1n) is 8.23. The van der Waals surface area contributed by atoms with Crippen LogP contribution in [0.5, 0.6) is 0 Å². The summed E-state index contributed by atoms with van der Waals surface area (Å²) in [5, 5.41) is 2.07. The maximum Gasteiger partial charge on any atom is 0.231 e. The summed E-state index contributed by atoms with van der Waals surface area (Å²) in [7, 11) is 0. The molecule has 3 aromatic heterocycles. The highest BCUT2D eigenvalue weighted by Crippen LogP contribution is 2.34. The maximum atomic E-state index is 13.0. The average Bonchev–Trinajstić information content (AvgIpc) is 3.32. The summed E-state index contributed by atoms with van der Waals surface area (Å²) in [4.78, 5) is 20.2. The van der Waals surface area contributed by atoms with Crippen molar-refractivity contribution >= 4 is 23.1 Å². The predicted octanol–water partition coefficient (Wildman–Crippen LogP) is 3.97. The van der Waals surface area contributed by atoms with Gasteiger partial charge in [-0.3, -0.25) is 9.69 Å². The fourth-order valence-electron chi connectivity index (χ4n) is 3.01. The SMILES string of the molecule is O=C(C[C@@H]1OCCc2ccsc21)N(Cc1ccco1)c1ccccn1. The Morgan fingerprint density at radius 3 is 3.04 bits per heavy atom. The van der Waals surface area contributed by atoms with Gasteiger partial charge in [0.25, 0.3) is 0 Å². The Balaban J connectivity index is 1.56. The number of furan rings is 1. The van der Waals surface area contributed by atoms with Crippen molar-refractivity contribution in [3.63, 3.8) is 0 Å². The van der Waals surface area contributed by atoms with Crippen LogP contribution in [-0.2, 0) is 22.5 Å². The highest BCUT2D eigenvalue weighted by Gasteiger charge is 2.28. The molecule has 4 heterocycles. The standard InChI is InChI=1S/C19H18N2O3S/c22-18(12-16-19-14(6-10-24-16)7-11-25-19)21(13-15-4-3-9-23-15)17-5-1-2-8-20-17/h1-5,7-9,11,16H,6,10,12-13H2/t16-/m0/s1. The van der Waals surface area contributed by atoms with Crippen LogP contribution in [0.1, 0.15) is 28.7 Å². The number of fused-ring (bicyclic) bond motifs is 1. The number of thiophene rings is 1. The Kier molecular flexibility index (Phi) is 4.63. The number of aromatic nitrogens is 1. The summed E-state index contributed by atoms with van der Waals surface area (Å²) in [6.45, 7) is 1.01. The monoisotopic (exact) mass is 354 g/mol. The van der Waals surface area contributed by atoms with Gasteiger partial charge in [0.1, 0.15) is 17.7 Å². The molecule has 3 aromatic rings. The molecular formula is C19H18N2O3S. The molecule has 0 saturated carbocycles. The second-order valence-electron chi connectivity index (χ2n) is 5.87. The lowest BCUT2D eigenvalue weighted by Crippen LogP contribution is -2.33. The van der Waals surface area contributed by atoms with Crippen LogP contribution in [0.15, 0.2) is 58.7 Å². The second-order valence-corrected chi connectivity index (χ2v) is 6.82. The van der Waals surface area contributed by atoms with Crippen molar-refractivity contribution in [2.24, 2.45) is 0 Å². The number of carbonyl (C=O) groups is 1. The molecule has 0 bridgehead atoms. The third kappa shape index (κ3) is 3.50. The maximum absolute atomic E-state index is 13.0. The summed E-state index contributed by atoms with van der Waals surface area (Å²) in [6.07, 6.45) is 4.33. The van der Waals surface area contributed by atoms with Gasteiger partial charge in [0.05, 0.1) is 25.8 Å². The van der Waals surface area contributed by atoms with E-state index in [0.29, 0.717) is 25.4 Å². The molecule has 25 heavy (non-hydrogen) atoms. The van der Waals surface area contributed by atoms with E-state index in [1.165, 1.54) is 10.4 Å². The smallest absolute Gasteiger partial charge is 0.231 e. The van der Waals surface area contributed by atoms with Crippen molar-refractivity contribution in [3.8, 4) is 0 Å². The van der Waals surface area contributed by atoms with Crippen molar-refractivity contribution in [3.05, 3.63) is 70.4 Å². The number of amides is 1. The van der Waals surface area contributed by atoms with E-state index in [1.807, 2.05) is 30.3 Å².